The number of halogens is 2. The van der Waals surface area contributed by atoms with E-state index in [9.17, 15) is 23.8 Å². The van der Waals surface area contributed by atoms with Crippen LogP contribution in [0.4, 0.5) is 8.78 Å². The molecule has 0 aromatic heterocycles. The molecule has 0 bridgehead atoms. The van der Waals surface area contributed by atoms with Crippen molar-refractivity contribution in [1.29, 1.82) is 0 Å². The molecular weight excluding hydrogens is 364 g/mol. The molecule has 0 aliphatic carbocycles. The average molecular weight is 391 g/mol. The van der Waals surface area contributed by atoms with E-state index in [-0.39, 0.29) is 12.5 Å². The van der Waals surface area contributed by atoms with E-state index < -0.39 is 30.5 Å². The summed E-state index contributed by atoms with van der Waals surface area (Å²) in [4.78, 5) is 13.3. The summed E-state index contributed by atoms with van der Waals surface area (Å²) < 4.78 is 27.0. The summed E-state index contributed by atoms with van der Waals surface area (Å²) in [5.74, 6) is -4.35. The van der Waals surface area contributed by atoms with E-state index >= 15 is 0 Å². The average Bonchev–Trinajstić information content (AvgIpc) is 2.67. The highest BCUT2D eigenvalue weighted by molar-refractivity contribution is 5.72. The third-order valence-corrected chi connectivity index (χ3v) is 4.91. The second kappa shape index (κ2) is 9.75. The van der Waals surface area contributed by atoms with Gasteiger partial charge in [0, 0.05) is 25.0 Å². The minimum atomic E-state index is -2.94. The topological polar surface area (TPSA) is 60.8 Å². The van der Waals surface area contributed by atoms with Crippen molar-refractivity contribution in [2.45, 2.75) is 57.3 Å². The van der Waals surface area contributed by atoms with Crippen LogP contribution in [0.1, 0.15) is 43.9 Å². The molecule has 3 atom stereocenters. The second-order valence-corrected chi connectivity index (χ2v) is 7.20. The van der Waals surface area contributed by atoms with Gasteiger partial charge < -0.3 is 10.2 Å². The lowest BCUT2D eigenvalue weighted by atomic mass is 9.96. The van der Waals surface area contributed by atoms with Gasteiger partial charge in [0.1, 0.15) is 0 Å². The largest absolute Gasteiger partial charge is 0.479 e. The van der Waals surface area contributed by atoms with Crippen molar-refractivity contribution in [3.05, 3.63) is 71.8 Å². The van der Waals surface area contributed by atoms with Gasteiger partial charge in [-0.1, -0.05) is 60.7 Å². The van der Waals surface area contributed by atoms with Gasteiger partial charge in [0.2, 0.25) is 5.92 Å². The summed E-state index contributed by atoms with van der Waals surface area (Å²) in [5, 5.41) is 19.7. The number of hydrogen-bond acceptors (Lipinski definition) is 3. The number of hydrogen-bond donors (Lipinski definition) is 2. The molecule has 2 N–H and O–H groups in total. The molecule has 152 valence electrons. The fourth-order valence-corrected chi connectivity index (χ4v) is 3.33. The maximum atomic E-state index is 13.5. The van der Waals surface area contributed by atoms with Gasteiger partial charge in [-0.15, -0.1) is 0 Å². The van der Waals surface area contributed by atoms with E-state index in [0.717, 1.165) is 18.1 Å². The Morgan fingerprint density at radius 2 is 1.61 bits per heavy atom. The molecule has 0 saturated carbocycles. The van der Waals surface area contributed by atoms with Gasteiger partial charge >= 0.3 is 5.97 Å². The van der Waals surface area contributed by atoms with Crippen LogP contribution in [0.3, 0.4) is 0 Å². The van der Waals surface area contributed by atoms with Crippen molar-refractivity contribution in [2.75, 3.05) is 0 Å². The fraction of sp³-hybridized carbons (Fsp3) is 0.409. The quantitative estimate of drug-likeness (QED) is 0.626. The van der Waals surface area contributed by atoms with E-state index in [1.54, 1.807) is 4.90 Å². The van der Waals surface area contributed by atoms with Crippen molar-refractivity contribution >= 4 is 5.97 Å². The van der Waals surface area contributed by atoms with Crippen molar-refractivity contribution < 1.29 is 23.8 Å². The molecule has 28 heavy (non-hydrogen) atoms. The molecule has 0 aliphatic rings. The minimum absolute atomic E-state index is 0.138. The molecule has 2 aromatic rings. The molecule has 0 fully saturated rings. The van der Waals surface area contributed by atoms with E-state index in [1.165, 1.54) is 0 Å². The molecule has 0 aliphatic heterocycles. The molecule has 2 rings (SSSR count). The van der Waals surface area contributed by atoms with Crippen LogP contribution in [0, 0.1) is 0 Å². The summed E-state index contributed by atoms with van der Waals surface area (Å²) in [6.45, 7) is 3.03. The zero-order valence-corrected chi connectivity index (χ0v) is 16.1. The first kappa shape index (κ1) is 22.0. The lowest BCUT2D eigenvalue weighted by molar-refractivity contribution is -0.152. The van der Waals surface area contributed by atoms with Crippen LogP contribution in [0.5, 0.6) is 0 Å². The summed E-state index contributed by atoms with van der Waals surface area (Å²) in [7, 11) is 0. The van der Waals surface area contributed by atoms with Crippen LogP contribution in [0.25, 0.3) is 0 Å². The van der Waals surface area contributed by atoms with Crippen LogP contribution in [0.2, 0.25) is 0 Å². The summed E-state index contributed by atoms with van der Waals surface area (Å²) in [5.41, 5.74) is 1.83. The zero-order chi connectivity index (χ0) is 20.7. The minimum Gasteiger partial charge on any atom is -0.479 e. The van der Waals surface area contributed by atoms with Gasteiger partial charge in [-0.25, -0.2) is 13.6 Å². The van der Waals surface area contributed by atoms with Crippen LogP contribution in [0.15, 0.2) is 60.7 Å². The van der Waals surface area contributed by atoms with Gasteiger partial charge in [-0.3, -0.25) is 4.90 Å². The van der Waals surface area contributed by atoms with Crippen molar-refractivity contribution in [3.8, 4) is 0 Å². The molecule has 0 saturated heterocycles. The SMILES string of the molecule is CC(c1ccccc1)N(Cc1ccccc1)C(CCC(C)(F)F)C(O)C(=O)O. The monoisotopic (exact) mass is 391 g/mol. The molecule has 2 aromatic carbocycles. The third-order valence-electron chi connectivity index (χ3n) is 4.91. The maximum absolute atomic E-state index is 13.5. The molecular formula is C22H27F2NO3. The highest BCUT2D eigenvalue weighted by Gasteiger charge is 2.36. The molecule has 3 unspecified atom stereocenters. The van der Waals surface area contributed by atoms with Gasteiger partial charge in [-0.2, -0.15) is 0 Å². The first-order valence-corrected chi connectivity index (χ1v) is 9.32. The van der Waals surface area contributed by atoms with E-state index in [2.05, 4.69) is 0 Å². The van der Waals surface area contributed by atoms with Gasteiger partial charge in [0.05, 0.1) is 0 Å². The summed E-state index contributed by atoms with van der Waals surface area (Å²) in [6.07, 6.45) is -2.41. The standard InChI is InChI=1S/C22H27F2NO3/c1-16(18-11-7-4-8-12-18)25(15-17-9-5-3-6-10-17)19(20(26)21(27)28)13-14-22(2,23)24/h3-12,16,19-20,26H,13-15H2,1-2H3,(H,27,28). The number of nitrogens with zero attached hydrogens (tertiary/aromatic N) is 1. The maximum Gasteiger partial charge on any atom is 0.334 e. The number of aliphatic carboxylic acids is 1. The van der Waals surface area contributed by atoms with E-state index in [1.807, 2.05) is 67.6 Å². The van der Waals surface area contributed by atoms with Crippen molar-refractivity contribution in [2.24, 2.45) is 0 Å². The number of carboxylic acids is 1. The highest BCUT2D eigenvalue weighted by atomic mass is 19.3. The van der Waals surface area contributed by atoms with Gasteiger partial charge in [0.25, 0.3) is 0 Å². The lowest BCUT2D eigenvalue weighted by Gasteiger charge is -2.38. The first-order chi connectivity index (χ1) is 13.2. The second-order valence-electron chi connectivity index (χ2n) is 7.20. The van der Waals surface area contributed by atoms with Crippen molar-refractivity contribution in [3.63, 3.8) is 0 Å². The normalized spacial score (nSPS) is 15.2. The number of alkyl halides is 2. The molecule has 4 nitrogen and oxygen atoms in total. The van der Waals surface area contributed by atoms with E-state index in [4.69, 9.17) is 0 Å². The Balaban J connectivity index is 2.39. The Hall–Kier alpha value is -2.31. The Morgan fingerprint density at radius 3 is 2.11 bits per heavy atom. The number of aliphatic hydroxyl groups excluding tert-OH is 1. The predicted octanol–water partition coefficient (Wildman–Crippen LogP) is 4.50. The molecule has 0 spiro atoms. The Kier molecular flexibility index (Phi) is 7.66. The van der Waals surface area contributed by atoms with Crippen LogP contribution < -0.4 is 0 Å². The molecule has 0 heterocycles. The smallest absolute Gasteiger partial charge is 0.334 e. The third kappa shape index (κ3) is 6.39. The van der Waals surface area contributed by atoms with E-state index in [0.29, 0.717) is 6.54 Å². The first-order valence-electron chi connectivity index (χ1n) is 9.32. The summed E-state index contributed by atoms with van der Waals surface area (Å²) in [6, 6.07) is 17.6. The number of carboxylic acid groups (broad SMARTS) is 1. The molecule has 0 amide bonds. The molecule has 6 heteroatoms. The van der Waals surface area contributed by atoms with Gasteiger partial charge in [-0.05, 0) is 31.4 Å². The van der Waals surface area contributed by atoms with Gasteiger partial charge in [0.15, 0.2) is 6.10 Å². The van der Waals surface area contributed by atoms with Crippen LogP contribution in [-0.4, -0.2) is 39.2 Å². The Morgan fingerprint density at radius 1 is 1.07 bits per heavy atom. The van der Waals surface area contributed by atoms with Crippen molar-refractivity contribution in [1.82, 2.24) is 4.90 Å². The van der Waals surface area contributed by atoms with Crippen LogP contribution in [-0.2, 0) is 11.3 Å². The Labute approximate surface area is 164 Å². The number of carbonyl (C=O) groups is 1. The fourth-order valence-electron chi connectivity index (χ4n) is 3.33. The predicted molar refractivity (Wildman–Crippen MR) is 104 cm³/mol. The zero-order valence-electron chi connectivity index (χ0n) is 16.1. The number of benzene rings is 2. The van der Waals surface area contributed by atoms with Crippen LogP contribution >= 0.6 is 0 Å². The summed E-state index contributed by atoms with van der Waals surface area (Å²) >= 11 is 0. The number of rotatable bonds is 10. The Bertz CT molecular complexity index is 734. The lowest BCUT2D eigenvalue weighted by Crippen LogP contribution is -2.48. The number of aliphatic hydroxyl groups is 1. The highest BCUT2D eigenvalue weighted by Crippen LogP contribution is 2.30. The molecule has 0 radical (unpaired) electrons.